The Morgan fingerprint density at radius 2 is 1.72 bits per heavy atom. The number of aliphatic imine (C=N–C) groups is 1. The number of unbranched alkanes of at least 4 members (excludes halogenated alkanes) is 3. The third kappa shape index (κ3) is 9.03. The molecular formula is C32H34Cl2N4O5. The van der Waals surface area contributed by atoms with Crippen LogP contribution in [0, 0.1) is 0 Å². The number of aliphatic hydroxyl groups excluding tert-OH is 1. The molecule has 1 amide bonds. The molecule has 0 saturated heterocycles. The van der Waals surface area contributed by atoms with E-state index in [0.717, 1.165) is 36.9 Å². The van der Waals surface area contributed by atoms with Crippen molar-refractivity contribution in [2.45, 2.75) is 45.1 Å². The molecule has 0 unspecified atom stereocenters. The largest absolute Gasteiger partial charge is 0.424 e. The summed E-state index contributed by atoms with van der Waals surface area (Å²) in [5.41, 5.74) is 8.67. The smallest absolute Gasteiger partial charge is 0.331 e. The predicted octanol–water partition coefficient (Wildman–Crippen LogP) is 5.91. The Bertz CT molecular complexity index is 1480. The Morgan fingerprint density at radius 1 is 0.953 bits per heavy atom. The maximum atomic E-state index is 13.2. The fourth-order valence-corrected chi connectivity index (χ4v) is 5.17. The highest BCUT2D eigenvalue weighted by Gasteiger charge is 2.23. The minimum absolute atomic E-state index is 0.0504. The second kappa shape index (κ2) is 15.5. The van der Waals surface area contributed by atoms with Gasteiger partial charge in [-0.2, -0.15) is 0 Å². The van der Waals surface area contributed by atoms with Crippen LogP contribution in [0.5, 0.6) is 5.75 Å². The molecule has 43 heavy (non-hydrogen) atoms. The highest BCUT2D eigenvalue weighted by molar-refractivity contribution is 6.35. The number of halogens is 2. The minimum atomic E-state index is -0.590. The van der Waals surface area contributed by atoms with Gasteiger partial charge in [0.25, 0.3) is 0 Å². The number of Topliss-reactive ketones (excluding diaryl/α,β-unsaturated/α-hetero) is 1. The van der Waals surface area contributed by atoms with Gasteiger partial charge in [0.05, 0.1) is 10.7 Å². The number of benzene rings is 3. The van der Waals surface area contributed by atoms with Crippen LogP contribution in [0.2, 0.25) is 10.0 Å². The Labute approximate surface area is 260 Å². The van der Waals surface area contributed by atoms with Crippen LogP contribution in [0.25, 0.3) is 0 Å². The van der Waals surface area contributed by atoms with Gasteiger partial charge < -0.3 is 25.4 Å². The molecule has 0 aromatic heterocycles. The molecule has 4 rings (SSSR count). The molecule has 226 valence electrons. The molecule has 0 bridgehead atoms. The summed E-state index contributed by atoms with van der Waals surface area (Å²) in [5.74, 6) is -0.555. The highest BCUT2D eigenvalue weighted by atomic mass is 35.5. The number of ether oxygens (including phenoxy) is 1. The van der Waals surface area contributed by atoms with Gasteiger partial charge in [0.2, 0.25) is 5.91 Å². The van der Waals surface area contributed by atoms with E-state index in [2.05, 4.69) is 4.99 Å². The molecule has 3 aromatic carbocycles. The lowest BCUT2D eigenvalue weighted by atomic mass is 10.0. The number of hydrogen-bond acceptors (Lipinski definition) is 8. The number of carbonyl (C=O) groups is 3. The van der Waals surface area contributed by atoms with Gasteiger partial charge in [0.15, 0.2) is 11.7 Å². The van der Waals surface area contributed by atoms with Gasteiger partial charge >= 0.3 is 5.97 Å². The molecule has 0 saturated carbocycles. The van der Waals surface area contributed by atoms with Crippen LogP contribution in [0.15, 0.2) is 71.7 Å². The number of hydrogen-bond donors (Lipinski definition) is 2. The van der Waals surface area contributed by atoms with E-state index in [1.807, 2.05) is 30.3 Å². The topological polar surface area (TPSA) is 126 Å². The van der Waals surface area contributed by atoms with Crippen LogP contribution < -0.4 is 15.4 Å². The van der Waals surface area contributed by atoms with Crippen LogP contribution >= 0.6 is 23.2 Å². The lowest BCUT2D eigenvalue weighted by molar-refractivity contribution is -0.134. The molecule has 0 aliphatic carbocycles. The number of anilines is 1. The Balaban J connectivity index is 1.36. The molecule has 1 aliphatic heterocycles. The molecule has 0 fully saturated rings. The van der Waals surface area contributed by atoms with Crippen molar-refractivity contribution in [2.75, 3.05) is 24.6 Å². The number of ketones is 1. The maximum Gasteiger partial charge on any atom is 0.331 e. The number of nitrogens with zero attached hydrogens (tertiary/aromatic N) is 3. The van der Waals surface area contributed by atoms with Crippen molar-refractivity contribution >= 4 is 58.2 Å². The Hall–Kier alpha value is -3.92. The van der Waals surface area contributed by atoms with Gasteiger partial charge in [0.1, 0.15) is 12.3 Å². The van der Waals surface area contributed by atoms with Gasteiger partial charge in [-0.05, 0) is 66.9 Å². The molecule has 0 spiro atoms. The number of para-hydroxylation sites is 1. The van der Waals surface area contributed by atoms with E-state index < -0.39 is 5.97 Å². The average Bonchev–Trinajstić information content (AvgIpc) is 2.99. The van der Waals surface area contributed by atoms with Crippen molar-refractivity contribution in [3.63, 3.8) is 0 Å². The summed E-state index contributed by atoms with van der Waals surface area (Å²) < 4.78 is 5.37. The molecule has 0 radical (unpaired) electrons. The highest BCUT2D eigenvalue weighted by Crippen LogP contribution is 2.29. The Kier molecular flexibility index (Phi) is 11.6. The molecule has 3 aromatic rings. The average molecular weight is 626 g/mol. The molecule has 3 N–H and O–H groups in total. The number of rotatable bonds is 14. The van der Waals surface area contributed by atoms with E-state index in [-0.39, 0.29) is 61.0 Å². The first kappa shape index (κ1) is 32.0. The normalized spacial score (nSPS) is 12.3. The van der Waals surface area contributed by atoms with E-state index in [1.165, 1.54) is 12.1 Å². The molecule has 1 heterocycles. The lowest BCUT2D eigenvalue weighted by Gasteiger charge is -2.27. The predicted molar refractivity (Wildman–Crippen MR) is 168 cm³/mol. The van der Waals surface area contributed by atoms with E-state index in [1.54, 1.807) is 34.1 Å². The van der Waals surface area contributed by atoms with E-state index in [9.17, 15) is 14.4 Å². The van der Waals surface area contributed by atoms with Crippen molar-refractivity contribution in [1.82, 2.24) is 4.90 Å². The van der Waals surface area contributed by atoms with Crippen molar-refractivity contribution in [3.8, 4) is 5.75 Å². The zero-order valence-electron chi connectivity index (χ0n) is 23.7. The van der Waals surface area contributed by atoms with E-state index in [4.69, 9.17) is 38.8 Å². The standard InChI is InChI=1S/C32H34Cl2N4O5/c33-24-11-14-29(26(34)19-24)43-31(42)21-37-20-23-18-22(10-12-27(23)36-32(37)35)28(40)13-15-30(41)38(16-6-1-2-7-17-39)25-8-4-3-5-9-25/h3-5,8-12,14,18-19,39H,1-2,6-7,13,15-17,20-21H2,(H2,35,36). The van der Waals surface area contributed by atoms with E-state index >= 15 is 0 Å². The number of nitrogens with two attached hydrogens (primary N) is 1. The number of amides is 1. The number of guanidine groups is 1. The zero-order chi connectivity index (χ0) is 30.8. The molecule has 11 heteroatoms. The SMILES string of the molecule is NC1=Nc2ccc(C(=O)CCC(=O)N(CCCCCCO)c3ccccc3)cc2CN1CC(=O)Oc1ccc(Cl)cc1Cl. The first-order valence-electron chi connectivity index (χ1n) is 14.1. The summed E-state index contributed by atoms with van der Waals surface area (Å²) in [6.07, 6.45) is 3.47. The number of esters is 1. The second-order valence-corrected chi connectivity index (χ2v) is 11.0. The van der Waals surface area contributed by atoms with Gasteiger partial charge in [-0.3, -0.25) is 9.59 Å². The van der Waals surface area contributed by atoms with Crippen molar-refractivity contribution in [1.29, 1.82) is 0 Å². The summed E-state index contributed by atoms with van der Waals surface area (Å²) in [7, 11) is 0. The van der Waals surface area contributed by atoms with Gasteiger partial charge in [0, 0.05) is 48.8 Å². The molecule has 0 atom stereocenters. The fourth-order valence-electron chi connectivity index (χ4n) is 4.72. The van der Waals surface area contributed by atoms with Crippen molar-refractivity contribution in [2.24, 2.45) is 10.7 Å². The van der Waals surface area contributed by atoms with Crippen LogP contribution in [0.1, 0.15) is 54.4 Å². The summed E-state index contributed by atoms with van der Waals surface area (Å²) in [4.78, 5) is 46.6. The Morgan fingerprint density at radius 3 is 2.47 bits per heavy atom. The molecular weight excluding hydrogens is 591 g/mol. The zero-order valence-corrected chi connectivity index (χ0v) is 25.2. The third-order valence-electron chi connectivity index (χ3n) is 6.98. The van der Waals surface area contributed by atoms with Crippen molar-refractivity contribution in [3.05, 3.63) is 87.9 Å². The van der Waals surface area contributed by atoms with E-state index in [0.29, 0.717) is 22.8 Å². The summed E-state index contributed by atoms with van der Waals surface area (Å²) in [5, 5.41) is 9.64. The van der Waals surface area contributed by atoms with Crippen LogP contribution in [0.3, 0.4) is 0 Å². The molecule has 9 nitrogen and oxygen atoms in total. The van der Waals surface area contributed by atoms with Crippen LogP contribution in [0.4, 0.5) is 11.4 Å². The van der Waals surface area contributed by atoms with Gasteiger partial charge in [-0.15, -0.1) is 0 Å². The molecule has 1 aliphatic rings. The monoisotopic (exact) mass is 624 g/mol. The summed E-state index contributed by atoms with van der Waals surface area (Å²) >= 11 is 12.0. The first-order valence-corrected chi connectivity index (χ1v) is 14.9. The fraction of sp³-hybridized carbons (Fsp3) is 0.312. The van der Waals surface area contributed by atoms with Crippen LogP contribution in [-0.4, -0.2) is 53.3 Å². The quantitative estimate of drug-likeness (QED) is 0.0988. The first-order chi connectivity index (χ1) is 20.7. The van der Waals surface area contributed by atoms with Gasteiger partial charge in [-0.1, -0.05) is 54.2 Å². The van der Waals surface area contributed by atoms with Gasteiger partial charge in [-0.25, -0.2) is 9.79 Å². The van der Waals surface area contributed by atoms with Crippen LogP contribution in [-0.2, 0) is 16.1 Å². The number of carbonyl (C=O) groups excluding carboxylic acids is 3. The minimum Gasteiger partial charge on any atom is -0.424 e. The summed E-state index contributed by atoms with van der Waals surface area (Å²) in [6.45, 7) is 0.765. The van der Waals surface area contributed by atoms with Crippen molar-refractivity contribution < 1.29 is 24.2 Å². The lowest BCUT2D eigenvalue weighted by Crippen LogP contribution is -2.42. The summed E-state index contributed by atoms with van der Waals surface area (Å²) in [6, 6.07) is 19.1. The number of fused-ring (bicyclic) bond motifs is 1. The third-order valence-corrected chi connectivity index (χ3v) is 7.51. The second-order valence-electron chi connectivity index (χ2n) is 10.2. The maximum absolute atomic E-state index is 13.2. The number of aliphatic hydroxyl groups is 1.